The van der Waals surface area contributed by atoms with Crippen molar-refractivity contribution in [2.24, 2.45) is 0 Å². The zero-order valence-electron chi connectivity index (χ0n) is 16.4. The number of nitrogens with zero attached hydrogens (tertiary/aromatic N) is 2. The van der Waals surface area contributed by atoms with Gasteiger partial charge in [-0.3, -0.25) is 0 Å². The lowest BCUT2D eigenvalue weighted by Crippen LogP contribution is -2.24. The number of para-hydroxylation sites is 2. The summed E-state index contributed by atoms with van der Waals surface area (Å²) in [6.07, 6.45) is 0.0471. The summed E-state index contributed by atoms with van der Waals surface area (Å²) in [5.74, 6) is 2.40. The van der Waals surface area contributed by atoms with Crippen LogP contribution in [0.4, 0.5) is 0 Å². The van der Waals surface area contributed by atoms with Gasteiger partial charge in [0, 0.05) is 6.42 Å². The van der Waals surface area contributed by atoms with Gasteiger partial charge in [-0.05, 0) is 42.0 Å². The maximum absolute atomic E-state index is 10.6. The lowest BCUT2D eigenvalue weighted by Gasteiger charge is -2.16. The van der Waals surface area contributed by atoms with Gasteiger partial charge < -0.3 is 19.1 Å². The maximum Gasteiger partial charge on any atom is 0.119 e. The fraction of sp³-hybridized carbons (Fsp3) is 0.208. The fourth-order valence-electron chi connectivity index (χ4n) is 3.37. The van der Waals surface area contributed by atoms with Crippen LogP contribution in [-0.2, 0) is 13.0 Å². The van der Waals surface area contributed by atoms with E-state index >= 15 is 0 Å². The second-order valence-electron chi connectivity index (χ2n) is 6.93. The van der Waals surface area contributed by atoms with E-state index in [1.807, 2.05) is 66.7 Å². The zero-order chi connectivity index (χ0) is 20.1. The molecule has 1 heterocycles. The van der Waals surface area contributed by atoms with Crippen LogP contribution in [0.3, 0.4) is 0 Å². The number of rotatable bonds is 8. The van der Waals surface area contributed by atoms with Gasteiger partial charge in [0.05, 0.1) is 24.7 Å². The van der Waals surface area contributed by atoms with Crippen molar-refractivity contribution < 1.29 is 14.6 Å². The van der Waals surface area contributed by atoms with E-state index < -0.39 is 6.10 Å². The van der Waals surface area contributed by atoms with Crippen LogP contribution in [0.1, 0.15) is 11.4 Å². The molecular formula is C24H24N2O3. The van der Waals surface area contributed by atoms with E-state index in [4.69, 9.17) is 14.5 Å². The topological polar surface area (TPSA) is 56.5 Å². The molecule has 1 atom stereocenters. The highest BCUT2D eigenvalue weighted by Gasteiger charge is 2.15. The summed E-state index contributed by atoms with van der Waals surface area (Å²) in [7, 11) is 1.63. The van der Waals surface area contributed by atoms with Crippen molar-refractivity contribution in [3.63, 3.8) is 0 Å². The molecule has 0 unspecified atom stereocenters. The SMILES string of the molecule is COc1ccc(OC[C@H](O)Cn2c(Cc3ccccc3)nc3ccccc32)cc1. The molecule has 29 heavy (non-hydrogen) atoms. The number of aliphatic hydroxyl groups excluding tert-OH is 1. The molecule has 0 aliphatic carbocycles. The Bertz CT molecular complexity index is 1060. The van der Waals surface area contributed by atoms with Crippen LogP contribution < -0.4 is 9.47 Å². The molecule has 148 valence electrons. The number of imidazole rings is 1. The number of hydrogen-bond acceptors (Lipinski definition) is 4. The van der Waals surface area contributed by atoms with Crippen molar-refractivity contribution in [2.45, 2.75) is 19.1 Å². The number of ether oxygens (including phenoxy) is 2. The third-order valence-electron chi connectivity index (χ3n) is 4.83. The van der Waals surface area contributed by atoms with Crippen molar-refractivity contribution in [2.75, 3.05) is 13.7 Å². The Balaban J connectivity index is 1.50. The maximum atomic E-state index is 10.6. The molecule has 1 aromatic heterocycles. The Labute approximate surface area is 170 Å². The Morgan fingerprint density at radius 1 is 0.897 bits per heavy atom. The molecule has 0 saturated carbocycles. The summed E-state index contributed by atoms with van der Waals surface area (Å²) in [4.78, 5) is 4.80. The molecule has 1 N–H and O–H groups in total. The van der Waals surface area contributed by atoms with Crippen LogP contribution in [0.2, 0.25) is 0 Å². The lowest BCUT2D eigenvalue weighted by molar-refractivity contribution is 0.0928. The predicted molar refractivity (Wildman–Crippen MR) is 113 cm³/mol. The zero-order valence-corrected chi connectivity index (χ0v) is 16.4. The Morgan fingerprint density at radius 2 is 1.59 bits per heavy atom. The highest BCUT2D eigenvalue weighted by atomic mass is 16.5. The lowest BCUT2D eigenvalue weighted by atomic mass is 10.1. The summed E-state index contributed by atoms with van der Waals surface area (Å²) in [6.45, 7) is 0.614. The van der Waals surface area contributed by atoms with Crippen molar-refractivity contribution in [1.29, 1.82) is 0 Å². The van der Waals surface area contributed by atoms with Gasteiger partial charge in [0.1, 0.15) is 30.0 Å². The quantitative estimate of drug-likeness (QED) is 0.494. The monoisotopic (exact) mass is 388 g/mol. The summed E-state index contributed by atoms with van der Waals surface area (Å²) in [6, 6.07) is 25.6. The van der Waals surface area contributed by atoms with Gasteiger partial charge in [-0.25, -0.2) is 4.98 Å². The standard InChI is InChI=1S/C24H24N2O3/c1-28-20-11-13-21(14-12-20)29-17-19(27)16-26-23-10-6-5-9-22(23)25-24(26)15-18-7-3-2-4-8-18/h2-14,19,27H,15-17H2,1H3/t19-/m1/s1. The van der Waals surface area contributed by atoms with E-state index in [1.165, 1.54) is 5.56 Å². The molecular weight excluding hydrogens is 364 g/mol. The van der Waals surface area contributed by atoms with Crippen LogP contribution in [-0.4, -0.2) is 34.5 Å². The second kappa shape index (κ2) is 8.80. The number of aliphatic hydroxyl groups is 1. The van der Waals surface area contributed by atoms with Gasteiger partial charge in [-0.2, -0.15) is 0 Å². The average Bonchev–Trinajstić information content (AvgIpc) is 3.10. The third kappa shape index (κ3) is 4.58. The van der Waals surface area contributed by atoms with E-state index in [-0.39, 0.29) is 6.61 Å². The van der Waals surface area contributed by atoms with Gasteiger partial charge in [0.15, 0.2) is 0 Å². The first-order valence-corrected chi connectivity index (χ1v) is 9.66. The number of methoxy groups -OCH3 is 1. The first-order valence-electron chi connectivity index (χ1n) is 9.66. The number of benzene rings is 3. The molecule has 0 spiro atoms. The largest absolute Gasteiger partial charge is 0.497 e. The van der Waals surface area contributed by atoms with Crippen molar-refractivity contribution >= 4 is 11.0 Å². The molecule has 0 aliphatic heterocycles. The summed E-state index contributed by atoms with van der Waals surface area (Å²) < 4.78 is 13.0. The Kier molecular flexibility index (Phi) is 5.77. The van der Waals surface area contributed by atoms with Crippen LogP contribution in [0.25, 0.3) is 11.0 Å². The molecule has 0 radical (unpaired) electrons. The Hall–Kier alpha value is -3.31. The molecule has 0 aliphatic rings. The number of aromatic nitrogens is 2. The minimum Gasteiger partial charge on any atom is -0.497 e. The molecule has 4 rings (SSSR count). The fourth-order valence-corrected chi connectivity index (χ4v) is 3.37. The van der Waals surface area contributed by atoms with Crippen LogP contribution in [0.5, 0.6) is 11.5 Å². The van der Waals surface area contributed by atoms with Gasteiger partial charge in [-0.15, -0.1) is 0 Å². The molecule has 5 nitrogen and oxygen atoms in total. The van der Waals surface area contributed by atoms with Gasteiger partial charge in [0.2, 0.25) is 0 Å². The second-order valence-corrected chi connectivity index (χ2v) is 6.93. The minimum atomic E-state index is -0.663. The molecule has 0 fully saturated rings. The van der Waals surface area contributed by atoms with Crippen molar-refractivity contribution in [1.82, 2.24) is 9.55 Å². The normalized spacial score (nSPS) is 12.1. The Morgan fingerprint density at radius 3 is 2.34 bits per heavy atom. The van der Waals surface area contributed by atoms with Crippen LogP contribution in [0, 0.1) is 0 Å². The van der Waals surface area contributed by atoms with E-state index in [9.17, 15) is 5.11 Å². The predicted octanol–water partition coefficient (Wildman–Crippen LogP) is 4.08. The highest BCUT2D eigenvalue weighted by Crippen LogP contribution is 2.20. The van der Waals surface area contributed by atoms with E-state index in [2.05, 4.69) is 16.7 Å². The highest BCUT2D eigenvalue weighted by molar-refractivity contribution is 5.76. The molecule has 3 aromatic carbocycles. The molecule has 0 bridgehead atoms. The first kappa shape index (κ1) is 19.0. The van der Waals surface area contributed by atoms with E-state index in [0.29, 0.717) is 18.7 Å². The number of hydrogen-bond donors (Lipinski definition) is 1. The van der Waals surface area contributed by atoms with Crippen molar-refractivity contribution in [3.8, 4) is 11.5 Å². The summed E-state index contributed by atoms with van der Waals surface area (Å²) in [5, 5.41) is 10.6. The third-order valence-corrected chi connectivity index (χ3v) is 4.83. The van der Waals surface area contributed by atoms with Gasteiger partial charge >= 0.3 is 0 Å². The molecule has 0 amide bonds. The molecule has 0 saturated heterocycles. The summed E-state index contributed by atoms with van der Waals surface area (Å²) in [5.41, 5.74) is 3.14. The van der Waals surface area contributed by atoms with Gasteiger partial charge in [0.25, 0.3) is 0 Å². The minimum absolute atomic E-state index is 0.198. The average molecular weight is 388 g/mol. The van der Waals surface area contributed by atoms with Crippen molar-refractivity contribution in [3.05, 3.63) is 90.3 Å². The molecule has 4 aromatic rings. The van der Waals surface area contributed by atoms with Crippen LogP contribution in [0.15, 0.2) is 78.9 Å². The first-order chi connectivity index (χ1) is 14.2. The smallest absolute Gasteiger partial charge is 0.119 e. The summed E-state index contributed by atoms with van der Waals surface area (Å²) >= 11 is 0. The van der Waals surface area contributed by atoms with Crippen LogP contribution >= 0.6 is 0 Å². The number of fused-ring (bicyclic) bond motifs is 1. The van der Waals surface area contributed by atoms with E-state index in [0.717, 1.165) is 22.6 Å². The van der Waals surface area contributed by atoms with E-state index in [1.54, 1.807) is 7.11 Å². The molecule has 5 heteroatoms. The van der Waals surface area contributed by atoms with Gasteiger partial charge in [-0.1, -0.05) is 42.5 Å².